The van der Waals surface area contributed by atoms with E-state index in [-0.39, 0.29) is 17.0 Å². The van der Waals surface area contributed by atoms with Gasteiger partial charge in [0.15, 0.2) is 4.34 Å². The minimum atomic E-state index is -3.74. The van der Waals surface area contributed by atoms with Crippen LogP contribution in [0.15, 0.2) is 33.5 Å². The lowest BCUT2D eigenvalue weighted by molar-refractivity contribution is 0.0876. The van der Waals surface area contributed by atoms with Gasteiger partial charge in [0, 0.05) is 18.8 Å². The van der Waals surface area contributed by atoms with Gasteiger partial charge in [-0.15, -0.1) is 10.2 Å². The lowest BCUT2D eigenvalue weighted by Crippen LogP contribution is -2.32. The van der Waals surface area contributed by atoms with Crippen molar-refractivity contribution in [2.45, 2.75) is 23.1 Å². The average molecular weight is 399 g/mol. The lowest BCUT2D eigenvalue weighted by atomic mass is 10.2. The van der Waals surface area contributed by atoms with Crippen LogP contribution >= 0.6 is 23.1 Å². The number of carbonyl (C=O) groups excluding carboxylic acids is 1. The molecule has 10 heteroatoms. The number of nitrogens with zero attached hydrogens (tertiary/aromatic N) is 3. The van der Waals surface area contributed by atoms with Gasteiger partial charge in [-0.1, -0.05) is 49.1 Å². The average Bonchev–Trinajstić information content (AvgIpc) is 3.10. The fourth-order valence-corrected chi connectivity index (χ4v) is 5.74. The summed E-state index contributed by atoms with van der Waals surface area (Å²) in [5, 5.41) is 12.1. The molecule has 0 spiro atoms. The molecule has 0 saturated carbocycles. The number of amides is 1. The minimum Gasteiger partial charge on any atom is -0.360 e. The third-order valence-electron chi connectivity index (χ3n) is 3.50. The summed E-state index contributed by atoms with van der Waals surface area (Å²) < 4.78 is 26.6. The molecule has 0 bridgehead atoms. The molecule has 0 unspecified atom stereocenters. The van der Waals surface area contributed by atoms with Crippen LogP contribution in [0.3, 0.4) is 0 Å². The number of fused-ring (bicyclic) bond motifs is 1. The molecular weight excluding hydrogens is 380 g/mol. The second kappa shape index (κ2) is 7.30. The lowest BCUT2D eigenvalue weighted by Gasteiger charge is -2.13. The van der Waals surface area contributed by atoms with Crippen molar-refractivity contribution in [2.24, 2.45) is 5.92 Å². The maximum atomic E-state index is 12.5. The number of benzene rings is 1. The summed E-state index contributed by atoms with van der Waals surface area (Å²) in [6, 6.07) is 6.29. The van der Waals surface area contributed by atoms with Crippen LogP contribution in [-0.2, 0) is 10.0 Å². The molecule has 2 aromatic rings. The fraction of sp³-hybridized carbons (Fsp3) is 0.400. The molecule has 2 heterocycles. The number of nitrogens with one attached hydrogen (secondary N) is 1. The highest BCUT2D eigenvalue weighted by Gasteiger charge is 2.40. The van der Waals surface area contributed by atoms with Crippen molar-refractivity contribution in [2.75, 3.05) is 24.2 Å². The highest BCUT2D eigenvalue weighted by Crippen LogP contribution is 2.31. The SMILES string of the molecule is CC(C)CNc1nnc(SCCN2C(=O)c3ccccc3S2(=O)=O)s1. The van der Waals surface area contributed by atoms with Crippen LogP contribution in [0.25, 0.3) is 0 Å². The van der Waals surface area contributed by atoms with Crippen molar-refractivity contribution >= 4 is 44.2 Å². The predicted molar refractivity (Wildman–Crippen MR) is 98.6 cm³/mol. The molecule has 3 rings (SSSR count). The molecule has 1 amide bonds. The molecule has 0 atom stereocenters. The monoisotopic (exact) mass is 398 g/mol. The summed E-state index contributed by atoms with van der Waals surface area (Å²) >= 11 is 2.81. The first kappa shape index (κ1) is 18.2. The zero-order valence-electron chi connectivity index (χ0n) is 13.8. The second-order valence-corrected chi connectivity index (χ2v) is 10.0. The Labute approximate surface area is 154 Å². The number of aromatic nitrogens is 2. The van der Waals surface area contributed by atoms with E-state index in [9.17, 15) is 13.2 Å². The van der Waals surface area contributed by atoms with E-state index in [4.69, 9.17) is 0 Å². The van der Waals surface area contributed by atoms with Gasteiger partial charge in [-0.25, -0.2) is 12.7 Å². The zero-order valence-corrected chi connectivity index (χ0v) is 16.2. The van der Waals surface area contributed by atoms with Crippen molar-refractivity contribution < 1.29 is 13.2 Å². The molecule has 7 nitrogen and oxygen atoms in total. The smallest absolute Gasteiger partial charge is 0.269 e. The first-order chi connectivity index (χ1) is 11.9. The van der Waals surface area contributed by atoms with E-state index < -0.39 is 15.9 Å². The largest absolute Gasteiger partial charge is 0.360 e. The number of hydrogen-bond donors (Lipinski definition) is 1. The highest BCUT2D eigenvalue weighted by atomic mass is 32.2. The Balaban J connectivity index is 1.59. The number of carbonyl (C=O) groups is 1. The Hall–Kier alpha value is -1.65. The van der Waals surface area contributed by atoms with Crippen LogP contribution in [0.1, 0.15) is 24.2 Å². The summed E-state index contributed by atoms with van der Waals surface area (Å²) in [5.41, 5.74) is 0.239. The molecule has 1 aromatic carbocycles. The van der Waals surface area contributed by atoms with Crippen LogP contribution in [0.4, 0.5) is 5.13 Å². The highest BCUT2D eigenvalue weighted by molar-refractivity contribution is 8.01. The van der Waals surface area contributed by atoms with Gasteiger partial charge >= 0.3 is 0 Å². The topological polar surface area (TPSA) is 92.3 Å². The quantitative estimate of drug-likeness (QED) is 0.717. The van der Waals surface area contributed by atoms with E-state index in [2.05, 4.69) is 29.4 Å². The van der Waals surface area contributed by atoms with Gasteiger partial charge in [0.1, 0.15) is 4.90 Å². The maximum Gasteiger partial charge on any atom is 0.269 e. The Bertz CT molecular complexity index is 880. The molecule has 25 heavy (non-hydrogen) atoms. The first-order valence-electron chi connectivity index (χ1n) is 7.76. The molecule has 1 aromatic heterocycles. The van der Waals surface area contributed by atoms with Gasteiger partial charge < -0.3 is 5.32 Å². The summed E-state index contributed by atoms with van der Waals surface area (Å²) in [5.74, 6) is 0.471. The van der Waals surface area contributed by atoms with E-state index >= 15 is 0 Å². The summed E-state index contributed by atoms with van der Waals surface area (Å²) in [6.07, 6.45) is 0. The molecule has 134 valence electrons. The van der Waals surface area contributed by atoms with Crippen molar-refractivity contribution in [1.29, 1.82) is 0 Å². The van der Waals surface area contributed by atoms with E-state index in [0.717, 1.165) is 20.3 Å². The Kier molecular flexibility index (Phi) is 5.30. The normalized spacial score (nSPS) is 15.6. The predicted octanol–water partition coefficient (Wildman–Crippen LogP) is 2.54. The van der Waals surface area contributed by atoms with E-state index in [0.29, 0.717) is 11.7 Å². The number of thioether (sulfide) groups is 1. The molecule has 1 N–H and O–H groups in total. The molecule has 1 aliphatic heterocycles. The van der Waals surface area contributed by atoms with Crippen molar-refractivity contribution in [3.05, 3.63) is 29.8 Å². The van der Waals surface area contributed by atoms with Crippen LogP contribution in [0.5, 0.6) is 0 Å². The van der Waals surface area contributed by atoms with Crippen LogP contribution < -0.4 is 5.32 Å². The van der Waals surface area contributed by atoms with Crippen LogP contribution in [0, 0.1) is 5.92 Å². The number of sulfonamides is 1. The standard InChI is InChI=1S/C15H18N4O3S3/c1-10(2)9-16-14-17-18-15(24-14)23-8-7-19-13(20)11-5-3-4-6-12(11)25(19,21)22/h3-6,10H,7-9H2,1-2H3,(H,16,17). The van der Waals surface area contributed by atoms with Gasteiger partial charge in [-0.05, 0) is 18.1 Å². The number of hydrogen-bond acceptors (Lipinski definition) is 8. The molecule has 0 saturated heterocycles. The molecule has 0 fully saturated rings. The fourth-order valence-electron chi connectivity index (χ4n) is 2.30. The molecule has 1 aliphatic rings. The third-order valence-corrected chi connectivity index (χ3v) is 7.33. The van der Waals surface area contributed by atoms with Crippen LogP contribution in [-0.4, -0.2) is 47.7 Å². The van der Waals surface area contributed by atoms with Crippen molar-refractivity contribution in [3.63, 3.8) is 0 Å². The number of rotatable bonds is 7. The van der Waals surface area contributed by atoms with Crippen LogP contribution in [0.2, 0.25) is 0 Å². The van der Waals surface area contributed by atoms with Gasteiger partial charge in [0.05, 0.1) is 5.56 Å². The molecular formula is C15H18N4O3S3. The number of anilines is 1. The van der Waals surface area contributed by atoms with Gasteiger partial charge in [-0.2, -0.15) is 0 Å². The van der Waals surface area contributed by atoms with Gasteiger partial charge in [-0.3, -0.25) is 4.79 Å². The summed E-state index contributed by atoms with van der Waals surface area (Å²) in [7, 11) is -3.74. The summed E-state index contributed by atoms with van der Waals surface area (Å²) in [4.78, 5) is 12.4. The third kappa shape index (κ3) is 3.80. The Morgan fingerprint density at radius 2 is 2.04 bits per heavy atom. The van der Waals surface area contributed by atoms with E-state index in [1.54, 1.807) is 18.2 Å². The minimum absolute atomic E-state index is 0.0843. The Morgan fingerprint density at radius 1 is 1.28 bits per heavy atom. The molecule has 0 radical (unpaired) electrons. The van der Waals surface area contributed by atoms with E-state index in [1.807, 2.05) is 0 Å². The summed E-state index contributed by atoms with van der Waals surface area (Å²) in [6.45, 7) is 5.14. The zero-order chi connectivity index (χ0) is 18.0. The van der Waals surface area contributed by atoms with Crippen molar-refractivity contribution in [1.82, 2.24) is 14.5 Å². The van der Waals surface area contributed by atoms with E-state index in [1.165, 1.54) is 29.2 Å². The van der Waals surface area contributed by atoms with Crippen molar-refractivity contribution in [3.8, 4) is 0 Å². The van der Waals surface area contributed by atoms with Gasteiger partial charge in [0.2, 0.25) is 5.13 Å². The van der Waals surface area contributed by atoms with Gasteiger partial charge in [0.25, 0.3) is 15.9 Å². The molecule has 0 aliphatic carbocycles. The maximum absolute atomic E-state index is 12.5. The first-order valence-corrected chi connectivity index (χ1v) is 11.0. The Morgan fingerprint density at radius 3 is 2.76 bits per heavy atom. The second-order valence-electron chi connectivity index (χ2n) is 5.87.